The number of nitrogens with zero attached hydrogens (tertiary/aromatic N) is 1. The maximum Gasteiger partial charge on any atom is 0.282 e. The third-order valence-electron chi connectivity index (χ3n) is 4.60. The number of halogens is 1. The Kier molecular flexibility index (Phi) is 5.48. The van der Waals surface area contributed by atoms with E-state index in [0.29, 0.717) is 38.3 Å². The molecule has 0 aliphatic carbocycles. The van der Waals surface area contributed by atoms with Gasteiger partial charge in [0, 0.05) is 9.90 Å². The summed E-state index contributed by atoms with van der Waals surface area (Å²) in [5, 5.41) is 5.41. The number of hydrogen-bond donors (Lipinski definition) is 1. The molecule has 2 aromatic carbocycles. The Balaban J connectivity index is 1.79. The van der Waals surface area contributed by atoms with Crippen LogP contribution in [0.15, 0.2) is 65.7 Å². The molecule has 30 heavy (non-hydrogen) atoms. The third-order valence-corrected chi connectivity index (χ3v) is 5.73. The molecule has 4 rings (SSSR count). The van der Waals surface area contributed by atoms with E-state index in [1.54, 1.807) is 55.6 Å². The van der Waals surface area contributed by atoms with Crippen LogP contribution in [-0.2, 0) is 9.59 Å². The molecule has 152 valence electrons. The first-order valence-electron chi connectivity index (χ1n) is 8.95. The molecule has 0 atom stereocenters. The van der Waals surface area contributed by atoms with Gasteiger partial charge in [0.1, 0.15) is 17.2 Å². The van der Waals surface area contributed by atoms with Crippen molar-refractivity contribution >= 4 is 51.7 Å². The van der Waals surface area contributed by atoms with Crippen LogP contribution in [0.4, 0.5) is 11.4 Å². The molecule has 0 radical (unpaired) electrons. The maximum atomic E-state index is 13.3. The molecule has 3 aromatic rings. The number of amides is 2. The number of ether oxygens (including phenoxy) is 2. The van der Waals surface area contributed by atoms with Crippen molar-refractivity contribution in [1.82, 2.24) is 0 Å². The molecule has 1 N–H and O–H groups in total. The van der Waals surface area contributed by atoms with Crippen molar-refractivity contribution in [3.05, 3.63) is 75.6 Å². The zero-order chi connectivity index (χ0) is 21.3. The SMILES string of the molecule is COc1ccc(N2C(=O)C(Nc3cc(Cl)ccc3OC)=C(c3cccs3)C2=O)cc1. The van der Waals surface area contributed by atoms with E-state index in [1.807, 2.05) is 11.4 Å². The lowest BCUT2D eigenvalue weighted by Gasteiger charge is -2.16. The van der Waals surface area contributed by atoms with Crippen LogP contribution in [0.5, 0.6) is 11.5 Å². The number of benzene rings is 2. The van der Waals surface area contributed by atoms with Crippen molar-refractivity contribution in [2.75, 3.05) is 24.4 Å². The molecule has 2 amide bonds. The topological polar surface area (TPSA) is 67.9 Å². The number of methoxy groups -OCH3 is 2. The van der Waals surface area contributed by atoms with E-state index in [4.69, 9.17) is 21.1 Å². The van der Waals surface area contributed by atoms with E-state index in [9.17, 15) is 9.59 Å². The minimum Gasteiger partial charge on any atom is -0.497 e. The number of nitrogens with one attached hydrogen (secondary N) is 1. The van der Waals surface area contributed by atoms with Crippen LogP contribution in [0.1, 0.15) is 4.88 Å². The van der Waals surface area contributed by atoms with Crippen LogP contribution in [0.25, 0.3) is 5.57 Å². The van der Waals surface area contributed by atoms with Crippen molar-refractivity contribution in [3.63, 3.8) is 0 Å². The predicted octanol–water partition coefficient (Wildman–Crippen LogP) is 4.82. The number of anilines is 2. The van der Waals surface area contributed by atoms with Crippen molar-refractivity contribution in [2.24, 2.45) is 0 Å². The maximum absolute atomic E-state index is 13.3. The van der Waals surface area contributed by atoms with Gasteiger partial charge in [-0.05, 0) is 53.9 Å². The fraction of sp³-hybridized carbons (Fsp3) is 0.0909. The van der Waals surface area contributed by atoms with Crippen molar-refractivity contribution in [1.29, 1.82) is 0 Å². The number of thiophene rings is 1. The zero-order valence-corrected chi connectivity index (χ0v) is 17.7. The summed E-state index contributed by atoms with van der Waals surface area (Å²) in [4.78, 5) is 28.5. The standard InChI is InChI=1S/C22H17ClN2O4S/c1-28-15-8-6-14(7-9-15)25-21(26)19(18-4-3-11-30-18)20(22(25)27)24-16-12-13(23)5-10-17(16)29-2/h3-12,24H,1-2H3. The van der Waals surface area contributed by atoms with Crippen molar-refractivity contribution in [2.45, 2.75) is 0 Å². The highest BCUT2D eigenvalue weighted by molar-refractivity contribution is 7.11. The fourth-order valence-electron chi connectivity index (χ4n) is 3.17. The molecule has 6 nitrogen and oxygen atoms in total. The van der Waals surface area contributed by atoms with E-state index < -0.39 is 11.8 Å². The van der Waals surface area contributed by atoms with E-state index >= 15 is 0 Å². The highest BCUT2D eigenvalue weighted by Crippen LogP contribution is 2.38. The van der Waals surface area contributed by atoms with Gasteiger partial charge in [0.25, 0.3) is 11.8 Å². The van der Waals surface area contributed by atoms with Crippen LogP contribution in [0.2, 0.25) is 5.02 Å². The lowest BCUT2D eigenvalue weighted by Crippen LogP contribution is -2.32. The first-order valence-corrected chi connectivity index (χ1v) is 10.2. The Morgan fingerprint density at radius 1 is 0.967 bits per heavy atom. The molecular weight excluding hydrogens is 424 g/mol. The van der Waals surface area contributed by atoms with Gasteiger partial charge in [0.2, 0.25) is 0 Å². The van der Waals surface area contributed by atoms with E-state index in [1.165, 1.54) is 18.4 Å². The molecule has 0 bridgehead atoms. The number of carbonyl (C=O) groups excluding carboxylic acids is 2. The molecule has 1 aliphatic rings. The summed E-state index contributed by atoms with van der Waals surface area (Å²) in [5.41, 5.74) is 1.41. The normalized spacial score (nSPS) is 13.8. The summed E-state index contributed by atoms with van der Waals surface area (Å²) < 4.78 is 10.5. The second-order valence-electron chi connectivity index (χ2n) is 6.34. The molecule has 0 unspecified atom stereocenters. The number of imide groups is 1. The minimum absolute atomic E-state index is 0.166. The van der Waals surface area contributed by atoms with Crippen LogP contribution in [-0.4, -0.2) is 26.0 Å². The zero-order valence-electron chi connectivity index (χ0n) is 16.1. The van der Waals surface area contributed by atoms with Gasteiger partial charge in [0.15, 0.2) is 0 Å². The molecule has 1 aliphatic heterocycles. The Bertz CT molecular complexity index is 1140. The average molecular weight is 441 g/mol. The Hall–Kier alpha value is -3.29. The predicted molar refractivity (Wildman–Crippen MR) is 118 cm³/mol. The van der Waals surface area contributed by atoms with E-state index in [2.05, 4.69) is 5.32 Å². The van der Waals surface area contributed by atoms with Gasteiger partial charge >= 0.3 is 0 Å². The largest absolute Gasteiger partial charge is 0.497 e. The lowest BCUT2D eigenvalue weighted by molar-refractivity contribution is -0.120. The van der Waals surface area contributed by atoms with Crippen LogP contribution in [0.3, 0.4) is 0 Å². The number of rotatable bonds is 6. The second kappa shape index (κ2) is 8.22. The minimum atomic E-state index is -0.462. The molecule has 0 saturated carbocycles. The smallest absolute Gasteiger partial charge is 0.282 e. The van der Waals surface area contributed by atoms with Crippen LogP contribution >= 0.6 is 22.9 Å². The molecule has 1 aromatic heterocycles. The number of carbonyl (C=O) groups is 2. The van der Waals surface area contributed by atoms with Gasteiger partial charge in [0.05, 0.1) is 31.2 Å². The Morgan fingerprint density at radius 2 is 1.73 bits per heavy atom. The van der Waals surface area contributed by atoms with Crippen molar-refractivity contribution < 1.29 is 19.1 Å². The van der Waals surface area contributed by atoms with Gasteiger partial charge < -0.3 is 14.8 Å². The highest BCUT2D eigenvalue weighted by atomic mass is 35.5. The first-order chi connectivity index (χ1) is 14.5. The summed E-state index contributed by atoms with van der Waals surface area (Å²) >= 11 is 7.51. The second-order valence-corrected chi connectivity index (χ2v) is 7.72. The summed E-state index contributed by atoms with van der Waals surface area (Å²) in [6, 6.07) is 15.4. The molecule has 2 heterocycles. The van der Waals surface area contributed by atoms with Gasteiger partial charge in [-0.1, -0.05) is 17.7 Å². The van der Waals surface area contributed by atoms with E-state index in [0.717, 1.165) is 4.90 Å². The summed E-state index contributed by atoms with van der Waals surface area (Å²) in [7, 11) is 3.08. The van der Waals surface area contributed by atoms with Gasteiger partial charge in [-0.15, -0.1) is 11.3 Å². The lowest BCUT2D eigenvalue weighted by atomic mass is 10.1. The van der Waals surface area contributed by atoms with Crippen LogP contribution in [0, 0.1) is 0 Å². The monoisotopic (exact) mass is 440 g/mol. The molecule has 0 fully saturated rings. The Labute approximate surface area is 182 Å². The van der Waals surface area contributed by atoms with E-state index in [-0.39, 0.29) is 5.70 Å². The molecule has 0 spiro atoms. The van der Waals surface area contributed by atoms with Crippen LogP contribution < -0.4 is 19.7 Å². The molecule has 8 heteroatoms. The average Bonchev–Trinajstić information content (AvgIpc) is 3.35. The highest BCUT2D eigenvalue weighted by Gasteiger charge is 2.41. The van der Waals surface area contributed by atoms with Gasteiger partial charge in [-0.25, -0.2) is 4.90 Å². The molecular formula is C22H17ClN2O4S. The summed E-state index contributed by atoms with van der Waals surface area (Å²) in [6.07, 6.45) is 0. The Morgan fingerprint density at radius 3 is 2.37 bits per heavy atom. The number of hydrogen-bond acceptors (Lipinski definition) is 6. The van der Waals surface area contributed by atoms with Crippen molar-refractivity contribution in [3.8, 4) is 11.5 Å². The van der Waals surface area contributed by atoms with Gasteiger partial charge in [-0.2, -0.15) is 0 Å². The third kappa shape index (κ3) is 3.53. The quantitative estimate of drug-likeness (QED) is 0.557. The van der Waals surface area contributed by atoms with Gasteiger partial charge in [-0.3, -0.25) is 9.59 Å². The molecule has 0 saturated heterocycles. The first kappa shape index (κ1) is 20.0. The summed E-state index contributed by atoms with van der Waals surface area (Å²) in [5.74, 6) is 0.263. The summed E-state index contributed by atoms with van der Waals surface area (Å²) in [6.45, 7) is 0. The fourth-order valence-corrected chi connectivity index (χ4v) is 4.11.